The average molecular weight is 458 g/mol. The van der Waals surface area contributed by atoms with E-state index < -0.39 is 5.97 Å². The number of unbranched alkanes of at least 4 members (excludes halogenated alkanes) is 1. The Balaban J connectivity index is 1.63. The number of aryl methyl sites for hydroxylation is 1. The highest BCUT2D eigenvalue weighted by atomic mass is 16.5. The summed E-state index contributed by atoms with van der Waals surface area (Å²) in [4.78, 5) is 25.1. The van der Waals surface area contributed by atoms with Gasteiger partial charge in [0.2, 0.25) is 5.82 Å². The molecule has 0 fully saturated rings. The quantitative estimate of drug-likeness (QED) is 0.377. The maximum Gasteiger partial charge on any atom is 0.338 e. The predicted molar refractivity (Wildman–Crippen MR) is 129 cm³/mol. The molecule has 1 N–H and O–H groups in total. The van der Waals surface area contributed by atoms with E-state index in [4.69, 9.17) is 4.74 Å². The number of carbonyl (C=O) groups excluding carboxylic acids is 1. The van der Waals surface area contributed by atoms with Crippen LogP contribution >= 0.6 is 0 Å². The van der Waals surface area contributed by atoms with Crippen LogP contribution in [0.1, 0.15) is 48.3 Å². The number of benzene rings is 2. The summed E-state index contributed by atoms with van der Waals surface area (Å²) in [6, 6.07) is 19.1. The molecule has 0 aliphatic carbocycles. The maximum atomic E-state index is 12.9. The van der Waals surface area contributed by atoms with Crippen molar-refractivity contribution in [3.8, 4) is 22.5 Å². The maximum absolute atomic E-state index is 12.9. The van der Waals surface area contributed by atoms with Gasteiger partial charge in [0.05, 0.1) is 18.7 Å². The van der Waals surface area contributed by atoms with Gasteiger partial charge >= 0.3 is 5.97 Å². The first-order chi connectivity index (χ1) is 16.6. The van der Waals surface area contributed by atoms with Crippen molar-refractivity contribution in [2.24, 2.45) is 0 Å². The van der Waals surface area contributed by atoms with E-state index >= 15 is 0 Å². The van der Waals surface area contributed by atoms with Crippen LogP contribution in [0.2, 0.25) is 0 Å². The van der Waals surface area contributed by atoms with Crippen LogP contribution in [0, 0.1) is 0 Å². The van der Waals surface area contributed by atoms with Crippen molar-refractivity contribution >= 4 is 5.97 Å². The van der Waals surface area contributed by atoms with Gasteiger partial charge in [-0.2, -0.15) is 5.21 Å². The minimum absolute atomic E-state index is 0.205. The van der Waals surface area contributed by atoms with Gasteiger partial charge in [-0.15, -0.1) is 10.2 Å². The normalized spacial score (nSPS) is 10.9. The molecule has 0 aliphatic heterocycles. The van der Waals surface area contributed by atoms with Crippen LogP contribution in [0.5, 0.6) is 0 Å². The van der Waals surface area contributed by atoms with Crippen molar-refractivity contribution < 1.29 is 9.53 Å². The van der Waals surface area contributed by atoms with Gasteiger partial charge in [-0.3, -0.25) is 4.79 Å². The molecule has 0 spiro atoms. The number of hydrogen-bond donors (Lipinski definition) is 1. The lowest BCUT2D eigenvalue weighted by atomic mass is 9.98. The molecule has 0 saturated heterocycles. The summed E-state index contributed by atoms with van der Waals surface area (Å²) < 4.78 is 6.83. The molecule has 4 rings (SSSR count). The molecule has 8 nitrogen and oxygen atoms in total. The number of nitrogens with one attached hydrogen (secondary N) is 1. The molecular formula is C26H27N5O3. The largest absolute Gasteiger partial charge is 0.462 e. The molecule has 0 saturated carbocycles. The van der Waals surface area contributed by atoms with E-state index in [1.807, 2.05) is 48.5 Å². The molecule has 8 heteroatoms. The molecule has 0 unspecified atom stereocenters. The van der Waals surface area contributed by atoms with Crippen molar-refractivity contribution in [1.29, 1.82) is 0 Å². The van der Waals surface area contributed by atoms with E-state index in [9.17, 15) is 9.59 Å². The van der Waals surface area contributed by atoms with Gasteiger partial charge in [0.25, 0.3) is 5.56 Å². The van der Waals surface area contributed by atoms with Crippen molar-refractivity contribution in [1.82, 2.24) is 25.2 Å². The van der Waals surface area contributed by atoms with Crippen LogP contribution in [-0.2, 0) is 17.7 Å². The van der Waals surface area contributed by atoms with Gasteiger partial charge in [0.1, 0.15) is 0 Å². The van der Waals surface area contributed by atoms with Crippen molar-refractivity contribution in [3.63, 3.8) is 0 Å². The van der Waals surface area contributed by atoms with Crippen LogP contribution in [-0.4, -0.2) is 37.8 Å². The molecule has 0 bridgehead atoms. The molecule has 2 heterocycles. The summed E-state index contributed by atoms with van der Waals surface area (Å²) in [5.74, 6) is 0.0719. The molecule has 0 radical (unpaired) electrons. The second-order valence-electron chi connectivity index (χ2n) is 7.96. The highest BCUT2D eigenvalue weighted by Crippen LogP contribution is 2.29. The molecule has 0 amide bonds. The second kappa shape index (κ2) is 10.7. The first-order valence-corrected chi connectivity index (χ1v) is 11.4. The fraction of sp³-hybridized carbons (Fsp3) is 0.269. The molecule has 2 aromatic heterocycles. The van der Waals surface area contributed by atoms with E-state index in [1.54, 1.807) is 17.6 Å². The van der Waals surface area contributed by atoms with Gasteiger partial charge in [-0.05, 0) is 47.7 Å². The third-order valence-corrected chi connectivity index (χ3v) is 5.63. The third kappa shape index (κ3) is 5.11. The minimum Gasteiger partial charge on any atom is -0.462 e. The van der Waals surface area contributed by atoms with E-state index in [1.165, 1.54) is 6.07 Å². The predicted octanol–water partition coefficient (Wildman–Crippen LogP) is 4.26. The van der Waals surface area contributed by atoms with Crippen LogP contribution < -0.4 is 5.56 Å². The second-order valence-corrected chi connectivity index (χ2v) is 7.96. The zero-order chi connectivity index (χ0) is 23.9. The van der Waals surface area contributed by atoms with Crippen LogP contribution in [0.15, 0.2) is 65.5 Å². The van der Waals surface area contributed by atoms with Crippen LogP contribution in [0.25, 0.3) is 22.5 Å². The van der Waals surface area contributed by atoms with Gasteiger partial charge < -0.3 is 9.30 Å². The first kappa shape index (κ1) is 23.1. The number of nitrogens with zero attached hydrogens (tertiary/aromatic N) is 4. The number of aromatic nitrogens is 5. The number of H-pyrrole nitrogens is 1. The summed E-state index contributed by atoms with van der Waals surface area (Å²) >= 11 is 0. The number of hydrogen-bond acceptors (Lipinski definition) is 6. The van der Waals surface area contributed by atoms with Crippen molar-refractivity contribution in [2.75, 3.05) is 6.61 Å². The number of aromatic amines is 1. The third-order valence-electron chi connectivity index (χ3n) is 5.63. The molecule has 34 heavy (non-hydrogen) atoms. The Morgan fingerprint density at radius 2 is 1.79 bits per heavy atom. The zero-order valence-electron chi connectivity index (χ0n) is 19.3. The highest BCUT2D eigenvalue weighted by molar-refractivity contribution is 5.89. The lowest BCUT2D eigenvalue weighted by Crippen LogP contribution is -2.25. The number of pyridine rings is 1. The summed E-state index contributed by atoms with van der Waals surface area (Å²) in [5.41, 5.74) is 4.83. The number of carbonyl (C=O) groups is 1. The lowest BCUT2D eigenvalue weighted by Gasteiger charge is -2.15. The van der Waals surface area contributed by atoms with Crippen molar-refractivity contribution in [2.45, 2.75) is 39.7 Å². The van der Waals surface area contributed by atoms with Gasteiger partial charge in [-0.25, -0.2) is 4.79 Å². The first-order valence-electron chi connectivity index (χ1n) is 11.4. The molecule has 174 valence electrons. The smallest absolute Gasteiger partial charge is 0.338 e. The summed E-state index contributed by atoms with van der Waals surface area (Å²) in [5, 5.41) is 14.4. The van der Waals surface area contributed by atoms with E-state index in [0.717, 1.165) is 47.2 Å². The molecule has 0 atom stereocenters. The highest BCUT2D eigenvalue weighted by Gasteiger charge is 2.14. The van der Waals surface area contributed by atoms with Crippen molar-refractivity contribution in [3.05, 3.63) is 87.8 Å². The number of ether oxygens (including phenoxy) is 1. The van der Waals surface area contributed by atoms with E-state index in [0.29, 0.717) is 17.9 Å². The fourth-order valence-electron chi connectivity index (χ4n) is 3.91. The van der Waals surface area contributed by atoms with Crippen LogP contribution in [0.4, 0.5) is 0 Å². The summed E-state index contributed by atoms with van der Waals surface area (Å²) in [7, 11) is 0. The standard InChI is InChI=1S/C26H27N5O3/c1-3-5-8-21-15-20(26(33)34-4-2)16-24(32)31(21)17-18-11-13-19(14-12-18)22-9-6-7-10-23(22)25-27-29-30-28-25/h6-7,9-16H,3-5,8,17H2,1-2H3,(H,27,28,29,30). The molecule has 4 aromatic rings. The summed E-state index contributed by atoms with van der Waals surface area (Å²) in [6.45, 7) is 4.55. The fourth-order valence-corrected chi connectivity index (χ4v) is 3.91. The Labute approximate surface area is 197 Å². The Morgan fingerprint density at radius 1 is 1.03 bits per heavy atom. The molecule has 2 aromatic carbocycles. The zero-order valence-corrected chi connectivity index (χ0v) is 19.3. The number of tetrazole rings is 1. The van der Waals surface area contributed by atoms with Gasteiger partial charge in [-0.1, -0.05) is 61.9 Å². The Morgan fingerprint density at radius 3 is 2.47 bits per heavy atom. The molecule has 0 aliphatic rings. The van der Waals surface area contributed by atoms with Crippen LogP contribution in [0.3, 0.4) is 0 Å². The van der Waals surface area contributed by atoms with E-state index in [2.05, 4.69) is 27.5 Å². The SMILES string of the molecule is CCCCc1cc(C(=O)OCC)cc(=O)n1Cc1ccc(-c2ccccc2-c2nn[nH]n2)cc1. The Kier molecular flexibility index (Phi) is 7.27. The van der Waals surface area contributed by atoms with Gasteiger partial charge in [0.15, 0.2) is 0 Å². The monoisotopic (exact) mass is 457 g/mol. The minimum atomic E-state index is -0.464. The topological polar surface area (TPSA) is 103 Å². The van der Waals surface area contributed by atoms with Gasteiger partial charge in [0, 0.05) is 17.3 Å². The van der Waals surface area contributed by atoms with E-state index in [-0.39, 0.29) is 12.2 Å². The number of esters is 1. The molecular weight excluding hydrogens is 430 g/mol. The summed E-state index contributed by atoms with van der Waals surface area (Å²) in [6.07, 6.45) is 2.64. The Bertz CT molecular complexity index is 1310. The lowest BCUT2D eigenvalue weighted by molar-refractivity contribution is 0.0525. The Hall–Kier alpha value is -4.07. The average Bonchev–Trinajstić information content (AvgIpc) is 3.40. The number of rotatable bonds is 9.